The number of benzene rings is 1. The number of hydrogen-bond donors (Lipinski definition) is 2. The first-order valence-electron chi connectivity index (χ1n) is 7.69. The van der Waals surface area contributed by atoms with Gasteiger partial charge in [0.25, 0.3) is 0 Å². The standard InChI is InChI=1S/C17H26N2O/c1-12(2)16(18)17(20)19-15-10-8-14(9-11-15)13-6-4-3-5-7-13/h3-7,12,14-16H,8-11,18H2,1-2H3,(H,19,20)/t14?,15?,16-/m0/s1. The van der Waals surface area contributed by atoms with Gasteiger partial charge < -0.3 is 11.1 Å². The highest BCUT2D eigenvalue weighted by Crippen LogP contribution is 2.32. The Bertz CT molecular complexity index is 422. The molecule has 3 nitrogen and oxygen atoms in total. The molecule has 1 atom stereocenters. The molecule has 0 radical (unpaired) electrons. The summed E-state index contributed by atoms with van der Waals surface area (Å²) >= 11 is 0. The van der Waals surface area contributed by atoms with E-state index in [9.17, 15) is 4.79 Å². The SMILES string of the molecule is CC(C)[C@H](N)C(=O)NC1CCC(c2ccccc2)CC1. The smallest absolute Gasteiger partial charge is 0.237 e. The van der Waals surface area contributed by atoms with Gasteiger partial charge in [0.15, 0.2) is 0 Å². The molecule has 3 N–H and O–H groups in total. The minimum Gasteiger partial charge on any atom is -0.352 e. The van der Waals surface area contributed by atoms with Crippen molar-refractivity contribution in [1.29, 1.82) is 0 Å². The lowest BCUT2D eigenvalue weighted by Crippen LogP contribution is -2.48. The van der Waals surface area contributed by atoms with E-state index in [-0.39, 0.29) is 17.9 Å². The molecule has 0 aliphatic heterocycles. The van der Waals surface area contributed by atoms with E-state index in [1.807, 2.05) is 13.8 Å². The quantitative estimate of drug-likeness (QED) is 0.887. The summed E-state index contributed by atoms with van der Waals surface area (Å²) in [6.07, 6.45) is 4.39. The molecule has 1 aromatic rings. The summed E-state index contributed by atoms with van der Waals surface area (Å²) in [5, 5.41) is 3.11. The molecule has 2 rings (SSSR count). The van der Waals surface area contributed by atoms with Crippen LogP contribution in [-0.4, -0.2) is 18.0 Å². The van der Waals surface area contributed by atoms with E-state index in [0.717, 1.165) is 25.7 Å². The van der Waals surface area contributed by atoms with E-state index < -0.39 is 0 Å². The second-order valence-corrected chi connectivity index (χ2v) is 6.24. The van der Waals surface area contributed by atoms with Gasteiger partial charge in [-0.05, 0) is 43.1 Å². The van der Waals surface area contributed by atoms with Crippen molar-refractivity contribution in [1.82, 2.24) is 5.32 Å². The van der Waals surface area contributed by atoms with Gasteiger partial charge in [-0.1, -0.05) is 44.2 Å². The fourth-order valence-corrected chi connectivity index (χ4v) is 2.90. The van der Waals surface area contributed by atoms with Crippen LogP contribution in [0, 0.1) is 5.92 Å². The lowest BCUT2D eigenvalue weighted by molar-refractivity contribution is -0.124. The third-order valence-electron chi connectivity index (χ3n) is 4.37. The topological polar surface area (TPSA) is 55.1 Å². The van der Waals surface area contributed by atoms with Crippen molar-refractivity contribution in [3.05, 3.63) is 35.9 Å². The van der Waals surface area contributed by atoms with Gasteiger partial charge in [0, 0.05) is 6.04 Å². The van der Waals surface area contributed by atoms with Gasteiger partial charge in [-0.3, -0.25) is 4.79 Å². The van der Waals surface area contributed by atoms with Gasteiger partial charge in [-0.2, -0.15) is 0 Å². The maximum atomic E-state index is 12.0. The van der Waals surface area contributed by atoms with Gasteiger partial charge in [0.1, 0.15) is 0 Å². The first kappa shape index (κ1) is 15.0. The zero-order chi connectivity index (χ0) is 14.5. The van der Waals surface area contributed by atoms with Gasteiger partial charge in [-0.15, -0.1) is 0 Å². The van der Waals surface area contributed by atoms with Crippen LogP contribution >= 0.6 is 0 Å². The van der Waals surface area contributed by atoms with Crippen LogP contribution in [-0.2, 0) is 4.79 Å². The second-order valence-electron chi connectivity index (χ2n) is 6.24. The lowest BCUT2D eigenvalue weighted by Gasteiger charge is -2.30. The van der Waals surface area contributed by atoms with E-state index in [0.29, 0.717) is 12.0 Å². The van der Waals surface area contributed by atoms with Crippen LogP contribution in [0.25, 0.3) is 0 Å². The Labute approximate surface area is 121 Å². The second kappa shape index (κ2) is 6.89. The normalized spacial score (nSPS) is 24.4. The molecule has 110 valence electrons. The molecular formula is C17H26N2O. The molecular weight excluding hydrogens is 248 g/mol. The Kier molecular flexibility index (Phi) is 5.18. The predicted octanol–water partition coefficient (Wildman–Crippen LogP) is 2.81. The summed E-state index contributed by atoms with van der Waals surface area (Å²) in [5.74, 6) is 0.835. The molecule has 1 aliphatic rings. The zero-order valence-corrected chi connectivity index (χ0v) is 12.5. The summed E-state index contributed by atoms with van der Waals surface area (Å²) in [6.45, 7) is 3.97. The summed E-state index contributed by atoms with van der Waals surface area (Å²) in [7, 11) is 0. The number of nitrogens with one attached hydrogen (secondary N) is 1. The molecule has 3 heteroatoms. The molecule has 0 aromatic heterocycles. The number of rotatable bonds is 4. The molecule has 1 aromatic carbocycles. The lowest BCUT2D eigenvalue weighted by atomic mass is 9.81. The Balaban J connectivity index is 1.81. The Hall–Kier alpha value is -1.35. The van der Waals surface area contributed by atoms with Crippen molar-refractivity contribution in [3.8, 4) is 0 Å². The van der Waals surface area contributed by atoms with Crippen molar-refractivity contribution in [2.24, 2.45) is 11.7 Å². The molecule has 0 saturated heterocycles. The number of nitrogens with two attached hydrogens (primary N) is 1. The maximum absolute atomic E-state index is 12.0. The number of hydrogen-bond acceptors (Lipinski definition) is 2. The third kappa shape index (κ3) is 3.83. The average Bonchev–Trinajstić information content (AvgIpc) is 2.48. The van der Waals surface area contributed by atoms with Crippen molar-refractivity contribution in [3.63, 3.8) is 0 Å². The van der Waals surface area contributed by atoms with Crippen molar-refractivity contribution in [2.45, 2.75) is 57.5 Å². The summed E-state index contributed by atoms with van der Waals surface area (Å²) in [4.78, 5) is 12.0. The Morgan fingerprint density at radius 2 is 1.75 bits per heavy atom. The van der Waals surface area contributed by atoms with Gasteiger partial charge in [0.2, 0.25) is 5.91 Å². The van der Waals surface area contributed by atoms with Crippen LogP contribution in [0.2, 0.25) is 0 Å². The molecule has 1 fully saturated rings. The number of carbonyl (C=O) groups excluding carboxylic acids is 1. The minimum absolute atomic E-state index is 0.00293. The highest BCUT2D eigenvalue weighted by molar-refractivity contribution is 5.82. The first-order valence-corrected chi connectivity index (χ1v) is 7.69. The molecule has 0 unspecified atom stereocenters. The molecule has 20 heavy (non-hydrogen) atoms. The monoisotopic (exact) mass is 274 g/mol. The summed E-state index contributed by atoms with van der Waals surface area (Å²) in [6, 6.07) is 10.6. The third-order valence-corrected chi connectivity index (χ3v) is 4.37. The maximum Gasteiger partial charge on any atom is 0.237 e. The van der Waals surface area contributed by atoms with Gasteiger partial charge in [0.05, 0.1) is 6.04 Å². The molecule has 1 amide bonds. The largest absolute Gasteiger partial charge is 0.352 e. The number of carbonyl (C=O) groups is 1. The van der Waals surface area contributed by atoms with Crippen molar-refractivity contribution >= 4 is 5.91 Å². The fraction of sp³-hybridized carbons (Fsp3) is 0.588. The number of amides is 1. The van der Waals surface area contributed by atoms with Gasteiger partial charge >= 0.3 is 0 Å². The van der Waals surface area contributed by atoms with Crippen LogP contribution in [0.5, 0.6) is 0 Å². The molecule has 0 bridgehead atoms. The van der Waals surface area contributed by atoms with Crippen LogP contribution in [0.4, 0.5) is 0 Å². The van der Waals surface area contributed by atoms with Crippen LogP contribution in [0.3, 0.4) is 0 Å². The van der Waals surface area contributed by atoms with Crippen LogP contribution in [0.1, 0.15) is 51.0 Å². The Morgan fingerprint density at radius 3 is 2.30 bits per heavy atom. The van der Waals surface area contributed by atoms with E-state index >= 15 is 0 Å². The van der Waals surface area contributed by atoms with E-state index in [2.05, 4.69) is 35.6 Å². The Morgan fingerprint density at radius 1 is 1.15 bits per heavy atom. The molecule has 0 heterocycles. The van der Waals surface area contributed by atoms with E-state index in [1.54, 1.807) is 0 Å². The summed E-state index contributed by atoms with van der Waals surface area (Å²) in [5.41, 5.74) is 7.31. The van der Waals surface area contributed by atoms with Crippen LogP contribution < -0.4 is 11.1 Å². The minimum atomic E-state index is -0.387. The van der Waals surface area contributed by atoms with Crippen LogP contribution in [0.15, 0.2) is 30.3 Å². The zero-order valence-electron chi connectivity index (χ0n) is 12.5. The van der Waals surface area contributed by atoms with Crippen molar-refractivity contribution in [2.75, 3.05) is 0 Å². The van der Waals surface area contributed by atoms with Crippen molar-refractivity contribution < 1.29 is 4.79 Å². The molecule has 1 saturated carbocycles. The summed E-state index contributed by atoms with van der Waals surface area (Å²) < 4.78 is 0. The first-order chi connectivity index (χ1) is 9.58. The van der Waals surface area contributed by atoms with E-state index in [4.69, 9.17) is 5.73 Å². The fourth-order valence-electron chi connectivity index (χ4n) is 2.90. The predicted molar refractivity (Wildman–Crippen MR) is 82.4 cm³/mol. The molecule has 1 aliphatic carbocycles. The highest BCUT2D eigenvalue weighted by atomic mass is 16.2. The van der Waals surface area contributed by atoms with Gasteiger partial charge in [-0.25, -0.2) is 0 Å². The van der Waals surface area contributed by atoms with E-state index in [1.165, 1.54) is 5.56 Å². The highest BCUT2D eigenvalue weighted by Gasteiger charge is 2.25. The average molecular weight is 274 g/mol. The molecule has 0 spiro atoms.